The van der Waals surface area contributed by atoms with Crippen LogP contribution in [0.25, 0.3) is 22.1 Å². The molecule has 25 heavy (non-hydrogen) atoms. The predicted octanol–water partition coefficient (Wildman–Crippen LogP) is 6.06. The fourth-order valence-corrected chi connectivity index (χ4v) is 3.04. The van der Waals surface area contributed by atoms with Crippen LogP contribution in [0.2, 0.25) is 0 Å². The molecule has 0 amide bonds. The van der Waals surface area contributed by atoms with E-state index in [1.165, 1.54) is 5.56 Å². The van der Waals surface area contributed by atoms with Crippen molar-refractivity contribution < 1.29 is 4.42 Å². The molecule has 0 radical (unpaired) electrons. The second kappa shape index (κ2) is 5.87. The molecule has 0 fully saturated rings. The predicted molar refractivity (Wildman–Crippen MR) is 105 cm³/mol. The molecule has 1 heterocycles. The standard InChI is InChI=1S/C23H26O2/c1-22(2,3)17-12-16-13-18(15-10-8-7-9-11-15)21(24)25-20(16)19(14-17)23(4,5)6/h7-14H,1-6H3. The minimum absolute atomic E-state index is 0.0250. The van der Waals surface area contributed by atoms with Gasteiger partial charge in [-0.25, -0.2) is 4.79 Å². The van der Waals surface area contributed by atoms with Crippen molar-refractivity contribution in [2.24, 2.45) is 0 Å². The molecular weight excluding hydrogens is 308 g/mol. The van der Waals surface area contributed by atoms with E-state index in [1.54, 1.807) is 0 Å². The van der Waals surface area contributed by atoms with Gasteiger partial charge < -0.3 is 4.42 Å². The van der Waals surface area contributed by atoms with Crippen molar-refractivity contribution in [3.05, 3.63) is 70.1 Å². The highest BCUT2D eigenvalue weighted by molar-refractivity contribution is 5.85. The van der Waals surface area contributed by atoms with Crippen LogP contribution >= 0.6 is 0 Å². The number of benzene rings is 2. The van der Waals surface area contributed by atoms with Crippen LogP contribution < -0.4 is 5.63 Å². The summed E-state index contributed by atoms with van der Waals surface area (Å²) in [6.07, 6.45) is 0. The Morgan fingerprint density at radius 1 is 0.800 bits per heavy atom. The van der Waals surface area contributed by atoms with Gasteiger partial charge in [-0.15, -0.1) is 0 Å². The number of hydrogen-bond donors (Lipinski definition) is 0. The SMILES string of the molecule is CC(C)(C)c1cc(C(C)(C)C)c2oc(=O)c(-c3ccccc3)cc2c1. The minimum atomic E-state index is -0.285. The normalized spacial score (nSPS) is 12.6. The molecule has 0 saturated carbocycles. The molecule has 3 aromatic rings. The summed E-state index contributed by atoms with van der Waals surface area (Å²) in [5, 5.41) is 0.982. The van der Waals surface area contributed by atoms with Gasteiger partial charge in [-0.1, -0.05) is 77.9 Å². The topological polar surface area (TPSA) is 30.2 Å². The van der Waals surface area contributed by atoms with E-state index < -0.39 is 0 Å². The van der Waals surface area contributed by atoms with Crippen LogP contribution in [-0.2, 0) is 10.8 Å². The van der Waals surface area contributed by atoms with E-state index in [9.17, 15) is 4.79 Å². The van der Waals surface area contributed by atoms with Crippen LogP contribution in [-0.4, -0.2) is 0 Å². The molecule has 0 spiro atoms. The average molecular weight is 334 g/mol. The third-order valence-corrected chi connectivity index (χ3v) is 4.59. The lowest BCUT2D eigenvalue weighted by Gasteiger charge is -2.26. The molecule has 2 aromatic carbocycles. The molecule has 0 N–H and O–H groups in total. The molecule has 0 unspecified atom stereocenters. The Hall–Kier alpha value is -2.35. The Labute approximate surface area is 149 Å². The van der Waals surface area contributed by atoms with E-state index in [1.807, 2.05) is 36.4 Å². The smallest absolute Gasteiger partial charge is 0.344 e. The highest BCUT2D eigenvalue weighted by Gasteiger charge is 2.24. The first kappa shape index (κ1) is 17.5. The lowest BCUT2D eigenvalue weighted by molar-refractivity contribution is 0.526. The summed E-state index contributed by atoms with van der Waals surface area (Å²) in [6, 6.07) is 16.0. The second-order valence-corrected chi connectivity index (χ2v) is 8.76. The molecule has 2 nitrogen and oxygen atoms in total. The van der Waals surface area contributed by atoms with Crippen molar-refractivity contribution in [1.82, 2.24) is 0 Å². The molecule has 0 aliphatic rings. The van der Waals surface area contributed by atoms with Crippen LogP contribution in [0.1, 0.15) is 52.7 Å². The van der Waals surface area contributed by atoms with Gasteiger partial charge in [0.25, 0.3) is 0 Å². The maximum absolute atomic E-state index is 12.6. The first-order valence-electron chi connectivity index (χ1n) is 8.76. The summed E-state index contributed by atoms with van der Waals surface area (Å²) < 4.78 is 5.82. The Bertz CT molecular complexity index is 965. The first-order valence-corrected chi connectivity index (χ1v) is 8.76. The lowest BCUT2D eigenvalue weighted by atomic mass is 9.79. The zero-order chi connectivity index (χ0) is 18.4. The zero-order valence-corrected chi connectivity index (χ0v) is 15.9. The first-order chi connectivity index (χ1) is 11.6. The number of hydrogen-bond acceptors (Lipinski definition) is 2. The third kappa shape index (κ3) is 3.39. The van der Waals surface area contributed by atoms with Gasteiger partial charge >= 0.3 is 5.63 Å². The van der Waals surface area contributed by atoms with Crippen molar-refractivity contribution in [2.75, 3.05) is 0 Å². The largest absolute Gasteiger partial charge is 0.422 e. The second-order valence-electron chi connectivity index (χ2n) is 8.76. The Morgan fingerprint density at radius 2 is 1.44 bits per heavy atom. The summed E-state index contributed by atoms with van der Waals surface area (Å²) in [4.78, 5) is 12.6. The van der Waals surface area contributed by atoms with Gasteiger partial charge in [0, 0.05) is 10.9 Å². The number of fused-ring (bicyclic) bond motifs is 1. The van der Waals surface area contributed by atoms with Gasteiger partial charge in [0.2, 0.25) is 0 Å². The number of rotatable bonds is 1. The molecule has 3 rings (SSSR count). The fraction of sp³-hybridized carbons (Fsp3) is 0.348. The summed E-state index contributed by atoms with van der Waals surface area (Å²) in [7, 11) is 0. The van der Waals surface area contributed by atoms with Crippen molar-refractivity contribution in [2.45, 2.75) is 52.4 Å². The molecule has 2 heteroatoms. The fourth-order valence-electron chi connectivity index (χ4n) is 3.04. The summed E-state index contributed by atoms with van der Waals surface area (Å²) >= 11 is 0. The van der Waals surface area contributed by atoms with Gasteiger partial charge in [0.1, 0.15) is 5.58 Å². The van der Waals surface area contributed by atoms with Crippen LogP contribution in [0.3, 0.4) is 0 Å². The third-order valence-electron chi connectivity index (χ3n) is 4.59. The molecule has 1 aromatic heterocycles. The highest BCUT2D eigenvalue weighted by Crippen LogP contribution is 2.35. The van der Waals surface area contributed by atoms with E-state index in [0.29, 0.717) is 11.1 Å². The minimum Gasteiger partial charge on any atom is -0.422 e. The van der Waals surface area contributed by atoms with Gasteiger partial charge in [-0.3, -0.25) is 0 Å². The van der Waals surface area contributed by atoms with Crippen LogP contribution in [0, 0.1) is 0 Å². The van der Waals surface area contributed by atoms with E-state index >= 15 is 0 Å². The Balaban J connectivity index is 2.38. The van der Waals surface area contributed by atoms with E-state index in [0.717, 1.165) is 16.5 Å². The quantitative estimate of drug-likeness (QED) is 0.507. The van der Waals surface area contributed by atoms with Gasteiger partial charge in [0.15, 0.2) is 0 Å². The van der Waals surface area contributed by atoms with Crippen molar-refractivity contribution in [3.63, 3.8) is 0 Å². The highest BCUT2D eigenvalue weighted by atomic mass is 16.4. The van der Waals surface area contributed by atoms with Crippen molar-refractivity contribution in [1.29, 1.82) is 0 Å². The summed E-state index contributed by atoms with van der Waals surface area (Å²) in [6.45, 7) is 13.1. The van der Waals surface area contributed by atoms with Crippen LogP contribution in [0.5, 0.6) is 0 Å². The maximum atomic E-state index is 12.6. The molecule has 0 saturated heterocycles. The van der Waals surface area contributed by atoms with E-state index in [2.05, 4.69) is 53.7 Å². The lowest BCUT2D eigenvalue weighted by Crippen LogP contribution is -2.17. The summed E-state index contributed by atoms with van der Waals surface area (Å²) in [5.74, 6) is 0. The van der Waals surface area contributed by atoms with Crippen molar-refractivity contribution >= 4 is 11.0 Å². The van der Waals surface area contributed by atoms with Crippen molar-refractivity contribution in [3.8, 4) is 11.1 Å². The zero-order valence-electron chi connectivity index (χ0n) is 15.9. The molecule has 0 aliphatic carbocycles. The van der Waals surface area contributed by atoms with Crippen LogP contribution in [0.4, 0.5) is 0 Å². The average Bonchev–Trinajstić information content (AvgIpc) is 2.52. The van der Waals surface area contributed by atoms with Gasteiger partial charge in [0.05, 0.1) is 5.56 Å². The Morgan fingerprint density at radius 3 is 2.00 bits per heavy atom. The van der Waals surface area contributed by atoms with Gasteiger partial charge in [-0.2, -0.15) is 0 Å². The van der Waals surface area contributed by atoms with Gasteiger partial charge in [-0.05, 0) is 34.1 Å². The molecule has 130 valence electrons. The molecule has 0 aliphatic heterocycles. The monoisotopic (exact) mass is 334 g/mol. The summed E-state index contributed by atoms with van der Waals surface area (Å²) in [5.41, 5.74) is 4.15. The molecular formula is C23H26O2. The Kier molecular flexibility index (Phi) is 4.10. The van der Waals surface area contributed by atoms with Crippen LogP contribution in [0.15, 0.2) is 57.7 Å². The molecule has 0 bridgehead atoms. The maximum Gasteiger partial charge on any atom is 0.344 e. The van der Waals surface area contributed by atoms with E-state index in [-0.39, 0.29) is 16.5 Å². The molecule has 0 atom stereocenters. The van der Waals surface area contributed by atoms with E-state index in [4.69, 9.17) is 4.42 Å².